The highest BCUT2D eigenvalue weighted by Crippen LogP contribution is 2.22. The lowest BCUT2D eigenvalue weighted by Gasteiger charge is -2.00. The number of aliphatic hydroxyl groups excluding tert-OH is 1. The van der Waals surface area contributed by atoms with Gasteiger partial charge in [0.25, 0.3) is 0 Å². The van der Waals surface area contributed by atoms with Crippen molar-refractivity contribution in [1.82, 2.24) is 0 Å². The zero-order chi connectivity index (χ0) is 18.6. The van der Waals surface area contributed by atoms with Crippen LogP contribution in [-0.4, -0.2) is 22.8 Å². The molecule has 0 spiro atoms. The van der Waals surface area contributed by atoms with E-state index < -0.39 is 5.97 Å². The lowest BCUT2D eigenvalue weighted by atomic mass is 10.0. The van der Waals surface area contributed by atoms with E-state index in [1.54, 1.807) is 0 Å². The maximum Gasteiger partial charge on any atom is 0.303 e. The molecule has 0 aromatic heterocycles. The van der Waals surface area contributed by atoms with E-state index in [1.165, 1.54) is 21.5 Å². The van der Waals surface area contributed by atoms with Crippen molar-refractivity contribution in [2.75, 3.05) is 6.61 Å². The van der Waals surface area contributed by atoms with Gasteiger partial charge in [-0.15, -0.1) is 0 Å². The zero-order valence-corrected chi connectivity index (χ0v) is 15.2. The van der Waals surface area contributed by atoms with Gasteiger partial charge in [-0.2, -0.15) is 0 Å². The van der Waals surface area contributed by atoms with E-state index in [1.807, 2.05) is 0 Å². The second kappa shape index (κ2) is 11.3. The van der Waals surface area contributed by atoms with Crippen LogP contribution in [0.25, 0.3) is 21.5 Å². The molecule has 0 atom stereocenters. The minimum atomic E-state index is -0.703. The Morgan fingerprint density at radius 3 is 1.42 bits per heavy atom. The van der Waals surface area contributed by atoms with Crippen molar-refractivity contribution in [2.45, 2.75) is 44.9 Å². The predicted octanol–water partition coefficient (Wildman–Crippen LogP) is 5.79. The molecule has 138 valence electrons. The largest absolute Gasteiger partial charge is 0.481 e. The van der Waals surface area contributed by atoms with Gasteiger partial charge in [-0.25, -0.2) is 0 Å². The van der Waals surface area contributed by atoms with E-state index in [-0.39, 0.29) is 6.61 Å². The Morgan fingerprint density at radius 1 is 0.654 bits per heavy atom. The van der Waals surface area contributed by atoms with Crippen LogP contribution in [0.1, 0.15) is 44.9 Å². The van der Waals surface area contributed by atoms with Crippen LogP contribution in [0.3, 0.4) is 0 Å². The summed E-state index contributed by atoms with van der Waals surface area (Å²) in [5.41, 5.74) is 0. The number of benzene rings is 3. The lowest BCUT2D eigenvalue weighted by molar-refractivity contribution is -0.137. The standard InChI is InChI=1S/C14H10.C9H18O3/c1-2-6-12-10-14-8-4-3-7-13(14)9-11(12)5-1;10-8-6-4-2-1-3-5-7-9(11)12/h1-10H;10H,1-8H2,(H,11,12). The van der Waals surface area contributed by atoms with E-state index in [9.17, 15) is 4.79 Å². The normalized spacial score (nSPS) is 10.5. The maximum atomic E-state index is 10.1. The highest BCUT2D eigenvalue weighted by Gasteiger charge is 1.96. The fourth-order valence-electron chi connectivity index (χ4n) is 2.98. The number of hydrogen-bond donors (Lipinski definition) is 2. The number of unbranched alkanes of at least 4 members (excludes halogenated alkanes) is 5. The first-order chi connectivity index (χ1) is 12.7. The molecule has 3 heteroatoms. The Labute approximate surface area is 155 Å². The number of carboxylic acids is 1. The molecule has 0 amide bonds. The van der Waals surface area contributed by atoms with E-state index in [0.29, 0.717) is 6.42 Å². The van der Waals surface area contributed by atoms with Crippen LogP contribution in [0, 0.1) is 0 Å². The summed E-state index contributed by atoms with van der Waals surface area (Å²) in [5.74, 6) is -0.703. The summed E-state index contributed by atoms with van der Waals surface area (Å²) in [5, 5.41) is 22.0. The monoisotopic (exact) mass is 352 g/mol. The first kappa shape index (κ1) is 19.9. The molecule has 0 bridgehead atoms. The van der Waals surface area contributed by atoms with Crippen LogP contribution in [0.15, 0.2) is 60.7 Å². The van der Waals surface area contributed by atoms with Gasteiger partial charge in [-0.1, -0.05) is 74.2 Å². The summed E-state index contributed by atoms with van der Waals surface area (Å²) in [6, 6.07) is 21.4. The minimum Gasteiger partial charge on any atom is -0.481 e. The van der Waals surface area contributed by atoms with Gasteiger partial charge in [0.2, 0.25) is 0 Å². The summed E-state index contributed by atoms with van der Waals surface area (Å²) in [6.07, 6.45) is 6.21. The highest BCUT2D eigenvalue weighted by molar-refractivity contribution is 5.98. The summed E-state index contributed by atoms with van der Waals surface area (Å²) in [6.45, 7) is 0.273. The second-order valence-electron chi connectivity index (χ2n) is 6.54. The van der Waals surface area contributed by atoms with E-state index >= 15 is 0 Å². The van der Waals surface area contributed by atoms with Gasteiger partial charge in [0.1, 0.15) is 0 Å². The molecule has 0 saturated heterocycles. The Bertz CT molecular complexity index is 706. The summed E-state index contributed by atoms with van der Waals surface area (Å²) >= 11 is 0. The van der Waals surface area contributed by atoms with Gasteiger partial charge in [-0.05, 0) is 46.5 Å². The third-order valence-electron chi connectivity index (χ3n) is 4.41. The third-order valence-corrected chi connectivity index (χ3v) is 4.41. The van der Waals surface area contributed by atoms with Gasteiger partial charge in [0.15, 0.2) is 0 Å². The first-order valence-corrected chi connectivity index (χ1v) is 9.41. The Balaban J connectivity index is 0.000000191. The van der Waals surface area contributed by atoms with Gasteiger partial charge < -0.3 is 10.2 Å². The summed E-state index contributed by atoms with van der Waals surface area (Å²) in [4.78, 5) is 10.1. The van der Waals surface area contributed by atoms with Crippen molar-refractivity contribution in [3.05, 3.63) is 60.7 Å². The molecule has 0 heterocycles. The van der Waals surface area contributed by atoms with Crippen molar-refractivity contribution in [3.8, 4) is 0 Å². The van der Waals surface area contributed by atoms with Crippen LogP contribution in [0.2, 0.25) is 0 Å². The quantitative estimate of drug-likeness (QED) is 0.399. The van der Waals surface area contributed by atoms with Crippen molar-refractivity contribution < 1.29 is 15.0 Å². The molecule has 26 heavy (non-hydrogen) atoms. The average Bonchev–Trinajstić information content (AvgIpc) is 2.66. The van der Waals surface area contributed by atoms with Crippen molar-refractivity contribution >= 4 is 27.5 Å². The number of carbonyl (C=O) groups is 1. The zero-order valence-electron chi connectivity index (χ0n) is 15.2. The topological polar surface area (TPSA) is 57.5 Å². The molecule has 0 saturated carbocycles. The molecular weight excluding hydrogens is 324 g/mol. The number of hydrogen-bond acceptors (Lipinski definition) is 2. The van der Waals surface area contributed by atoms with Crippen LogP contribution in [-0.2, 0) is 4.79 Å². The minimum absolute atomic E-state index is 0.273. The Kier molecular flexibility index (Phi) is 8.64. The van der Waals surface area contributed by atoms with Gasteiger partial charge in [0.05, 0.1) is 0 Å². The SMILES string of the molecule is O=C(O)CCCCCCCCO.c1ccc2cc3ccccc3cc2c1. The van der Waals surface area contributed by atoms with Gasteiger partial charge >= 0.3 is 5.97 Å². The lowest BCUT2D eigenvalue weighted by Crippen LogP contribution is -1.93. The maximum absolute atomic E-state index is 10.1. The molecule has 0 aliphatic carbocycles. The van der Waals surface area contributed by atoms with Gasteiger partial charge in [0, 0.05) is 13.0 Å². The molecule has 2 N–H and O–H groups in total. The molecule has 3 aromatic rings. The highest BCUT2D eigenvalue weighted by atomic mass is 16.4. The number of aliphatic carboxylic acids is 1. The molecule has 3 aromatic carbocycles. The third kappa shape index (κ3) is 6.85. The van der Waals surface area contributed by atoms with Crippen LogP contribution < -0.4 is 0 Å². The first-order valence-electron chi connectivity index (χ1n) is 9.41. The molecule has 3 rings (SSSR count). The van der Waals surface area contributed by atoms with Crippen LogP contribution >= 0.6 is 0 Å². The van der Waals surface area contributed by atoms with Crippen LogP contribution in [0.5, 0.6) is 0 Å². The van der Waals surface area contributed by atoms with Crippen molar-refractivity contribution in [1.29, 1.82) is 0 Å². The Morgan fingerprint density at radius 2 is 1.04 bits per heavy atom. The van der Waals surface area contributed by atoms with Crippen LogP contribution in [0.4, 0.5) is 0 Å². The smallest absolute Gasteiger partial charge is 0.303 e. The number of carboxylic acid groups (broad SMARTS) is 1. The van der Waals surface area contributed by atoms with Crippen molar-refractivity contribution in [3.63, 3.8) is 0 Å². The second-order valence-corrected chi connectivity index (χ2v) is 6.54. The molecule has 0 aliphatic heterocycles. The van der Waals surface area contributed by atoms with E-state index in [0.717, 1.165) is 38.5 Å². The number of aliphatic hydroxyl groups is 1. The predicted molar refractivity (Wildman–Crippen MR) is 108 cm³/mol. The molecule has 3 nitrogen and oxygen atoms in total. The molecule has 0 radical (unpaired) electrons. The molecule has 0 unspecified atom stereocenters. The molecular formula is C23H28O3. The summed E-state index contributed by atoms with van der Waals surface area (Å²) in [7, 11) is 0. The average molecular weight is 352 g/mol. The van der Waals surface area contributed by atoms with Gasteiger partial charge in [-0.3, -0.25) is 4.79 Å². The van der Waals surface area contributed by atoms with Crippen molar-refractivity contribution in [2.24, 2.45) is 0 Å². The fourth-order valence-corrected chi connectivity index (χ4v) is 2.98. The van der Waals surface area contributed by atoms with E-state index in [2.05, 4.69) is 60.7 Å². The number of rotatable bonds is 8. The Hall–Kier alpha value is -2.39. The fraction of sp³-hybridized carbons (Fsp3) is 0.348. The summed E-state index contributed by atoms with van der Waals surface area (Å²) < 4.78 is 0. The molecule has 0 fully saturated rings. The molecule has 0 aliphatic rings. The van der Waals surface area contributed by atoms with E-state index in [4.69, 9.17) is 10.2 Å². The number of fused-ring (bicyclic) bond motifs is 2.